The van der Waals surface area contributed by atoms with Crippen molar-refractivity contribution < 1.29 is 13.5 Å². The van der Waals surface area contributed by atoms with E-state index < -0.39 is 17.3 Å². The SMILES string of the molecule is CNc1nc(Nc2cc(-n3nnn(C)c3=O)c(OC(C)C)cc2F)ncc1F. The Hall–Kier alpha value is -3.57. The predicted molar refractivity (Wildman–Crippen MR) is 97.1 cm³/mol. The maximum absolute atomic E-state index is 14.6. The van der Waals surface area contributed by atoms with E-state index >= 15 is 0 Å². The Morgan fingerprint density at radius 3 is 2.54 bits per heavy atom. The number of aromatic nitrogens is 6. The number of tetrazole rings is 1. The molecule has 148 valence electrons. The number of rotatable bonds is 6. The van der Waals surface area contributed by atoms with Crippen LogP contribution in [0.3, 0.4) is 0 Å². The first-order chi connectivity index (χ1) is 13.3. The molecule has 2 aromatic heterocycles. The lowest BCUT2D eigenvalue weighted by atomic mass is 10.2. The molecule has 1 aromatic carbocycles. The van der Waals surface area contributed by atoms with Crippen LogP contribution in [-0.2, 0) is 7.05 Å². The molecule has 3 aromatic rings. The molecular formula is C16H18F2N8O2. The van der Waals surface area contributed by atoms with Crippen molar-refractivity contribution in [2.24, 2.45) is 7.05 Å². The molecule has 0 fully saturated rings. The standard InChI is InChI=1S/C16H18F2N8O2/c1-8(2)28-13-5-9(17)11(6-12(13)26-16(27)25(4)23-24-26)21-15-20-7-10(18)14(19-3)22-15/h5-8H,1-4H3,(H2,19,20,21,22). The number of hydrogen-bond acceptors (Lipinski definition) is 8. The van der Waals surface area contributed by atoms with Gasteiger partial charge >= 0.3 is 5.69 Å². The number of hydrogen-bond donors (Lipinski definition) is 2. The summed E-state index contributed by atoms with van der Waals surface area (Å²) < 4.78 is 35.8. The fourth-order valence-electron chi connectivity index (χ4n) is 2.34. The highest BCUT2D eigenvalue weighted by Crippen LogP contribution is 2.30. The Kier molecular flexibility index (Phi) is 5.20. The Morgan fingerprint density at radius 2 is 1.93 bits per heavy atom. The van der Waals surface area contributed by atoms with Gasteiger partial charge in [-0.15, -0.1) is 0 Å². The Morgan fingerprint density at radius 1 is 1.18 bits per heavy atom. The summed E-state index contributed by atoms with van der Waals surface area (Å²) in [4.78, 5) is 19.9. The number of ether oxygens (including phenoxy) is 1. The van der Waals surface area contributed by atoms with Gasteiger partial charge in [0.1, 0.15) is 11.4 Å². The monoisotopic (exact) mass is 392 g/mol. The Balaban J connectivity index is 2.08. The highest BCUT2D eigenvalue weighted by molar-refractivity contribution is 5.63. The van der Waals surface area contributed by atoms with E-state index in [0.29, 0.717) is 0 Å². The van der Waals surface area contributed by atoms with E-state index in [1.165, 1.54) is 20.2 Å². The molecule has 0 bridgehead atoms. The van der Waals surface area contributed by atoms with Crippen LogP contribution in [0.5, 0.6) is 5.75 Å². The van der Waals surface area contributed by atoms with E-state index in [0.717, 1.165) is 21.6 Å². The van der Waals surface area contributed by atoms with Gasteiger partial charge in [-0.2, -0.15) is 14.3 Å². The molecule has 0 unspecified atom stereocenters. The zero-order chi connectivity index (χ0) is 20.4. The summed E-state index contributed by atoms with van der Waals surface area (Å²) in [5, 5.41) is 12.6. The quantitative estimate of drug-likeness (QED) is 0.651. The second-order valence-corrected chi connectivity index (χ2v) is 6.03. The molecule has 0 aliphatic rings. The summed E-state index contributed by atoms with van der Waals surface area (Å²) in [6, 6.07) is 2.43. The van der Waals surface area contributed by atoms with Gasteiger partial charge in [-0.25, -0.2) is 18.6 Å². The molecule has 2 heterocycles. The van der Waals surface area contributed by atoms with Crippen LogP contribution in [-0.4, -0.2) is 42.9 Å². The molecular weight excluding hydrogens is 374 g/mol. The molecule has 0 aliphatic carbocycles. The average Bonchev–Trinajstić information content (AvgIpc) is 2.97. The molecule has 0 amide bonds. The maximum Gasteiger partial charge on any atom is 0.368 e. The van der Waals surface area contributed by atoms with Gasteiger partial charge in [0.25, 0.3) is 0 Å². The van der Waals surface area contributed by atoms with Gasteiger partial charge in [-0.3, -0.25) is 0 Å². The fraction of sp³-hybridized carbons (Fsp3) is 0.312. The predicted octanol–water partition coefficient (Wildman–Crippen LogP) is 1.61. The maximum atomic E-state index is 14.6. The molecule has 0 aliphatic heterocycles. The second-order valence-electron chi connectivity index (χ2n) is 6.03. The summed E-state index contributed by atoms with van der Waals surface area (Å²) in [5.41, 5.74) is -0.425. The zero-order valence-corrected chi connectivity index (χ0v) is 15.6. The van der Waals surface area contributed by atoms with Crippen LogP contribution < -0.4 is 21.1 Å². The number of halogens is 2. The van der Waals surface area contributed by atoms with Crippen molar-refractivity contribution in [3.05, 3.63) is 40.4 Å². The van der Waals surface area contributed by atoms with Gasteiger partial charge in [-0.05, 0) is 30.3 Å². The molecule has 0 atom stereocenters. The number of nitrogens with one attached hydrogen (secondary N) is 2. The summed E-state index contributed by atoms with van der Waals surface area (Å²) in [5.74, 6) is -1.32. The van der Waals surface area contributed by atoms with Crippen LogP contribution in [0.25, 0.3) is 5.69 Å². The smallest absolute Gasteiger partial charge is 0.368 e. The molecule has 0 spiro atoms. The average molecular weight is 392 g/mol. The topological polar surface area (TPSA) is 112 Å². The van der Waals surface area contributed by atoms with E-state index in [2.05, 4.69) is 31.0 Å². The fourth-order valence-corrected chi connectivity index (χ4v) is 2.34. The van der Waals surface area contributed by atoms with Crippen LogP contribution in [0.1, 0.15) is 13.8 Å². The Labute approximate surface area is 158 Å². The minimum atomic E-state index is -0.685. The number of benzene rings is 1. The minimum absolute atomic E-state index is 0.0420. The molecule has 2 N–H and O–H groups in total. The van der Waals surface area contributed by atoms with Crippen LogP contribution in [0.2, 0.25) is 0 Å². The van der Waals surface area contributed by atoms with Crippen LogP contribution in [0, 0.1) is 11.6 Å². The third kappa shape index (κ3) is 3.75. The van der Waals surface area contributed by atoms with Gasteiger partial charge < -0.3 is 15.4 Å². The largest absolute Gasteiger partial charge is 0.489 e. The molecule has 0 saturated heterocycles. The van der Waals surface area contributed by atoms with E-state index in [4.69, 9.17) is 4.74 Å². The molecule has 12 heteroatoms. The van der Waals surface area contributed by atoms with Crippen LogP contribution >= 0.6 is 0 Å². The van der Waals surface area contributed by atoms with E-state index in [9.17, 15) is 13.6 Å². The summed E-state index contributed by atoms with van der Waals surface area (Å²) >= 11 is 0. The van der Waals surface area contributed by atoms with Crippen molar-refractivity contribution >= 4 is 17.5 Å². The molecule has 28 heavy (non-hydrogen) atoms. The minimum Gasteiger partial charge on any atom is -0.489 e. The number of nitrogens with zero attached hydrogens (tertiary/aromatic N) is 6. The van der Waals surface area contributed by atoms with Crippen LogP contribution in [0.15, 0.2) is 23.1 Å². The number of aryl methyl sites for hydroxylation is 1. The van der Waals surface area contributed by atoms with E-state index in [-0.39, 0.29) is 35.0 Å². The van der Waals surface area contributed by atoms with Crippen LogP contribution in [0.4, 0.5) is 26.2 Å². The van der Waals surface area contributed by atoms with Gasteiger partial charge in [0, 0.05) is 20.2 Å². The van der Waals surface area contributed by atoms with Gasteiger partial charge in [0.2, 0.25) is 5.95 Å². The second kappa shape index (κ2) is 7.58. The van der Waals surface area contributed by atoms with Gasteiger partial charge in [-0.1, -0.05) is 0 Å². The molecule has 10 nitrogen and oxygen atoms in total. The molecule has 0 radical (unpaired) electrons. The van der Waals surface area contributed by atoms with Gasteiger partial charge in [0.15, 0.2) is 17.5 Å². The highest BCUT2D eigenvalue weighted by atomic mass is 19.1. The van der Waals surface area contributed by atoms with Gasteiger partial charge in [0.05, 0.1) is 18.0 Å². The van der Waals surface area contributed by atoms with Crippen molar-refractivity contribution in [2.75, 3.05) is 17.7 Å². The van der Waals surface area contributed by atoms with E-state index in [1.807, 2.05) is 0 Å². The lowest BCUT2D eigenvalue weighted by Crippen LogP contribution is -2.23. The lowest BCUT2D eigenvalue weighted by molar-refractivity contribution is 0.240. The first-order valence-electron chi connectivity index (χ1n) is 8.27. The highest BCUT2D eigenvalue weighted by Gasteiger charge is 2.18. The lowest BCUT2D eigenvalue weighted by Gasteiger charge is -2.16. The van der Waals surface area contributed by atoms with E-state index in [1.54, 1.807) is 13.8 Å². The number of anilines is 3. The van der Waals surface area contributed by atoms with Crippen molar-refractivity contribution in [3.63, 3.8) is 0 Å². The first-order valence-corrected chi connectivity index (χ1v) is 8.27. The normalized spacial score (nSPS) is 11.0. The zero-order valence-electron chi connectivity index (χ0n) is 15.6. The van der Waals surface area contributed by atoms with Crippen molar-refractivity contribution in [3.8, 4) is 11.4 Å². The van der Waals surface area contributed by atoms with Crippen molar-refractivity contribution in [2.45, 2.75) is 20.0 Å². The van der Waals surface area contributed by atoms with Crippen molar-refractivity contribution in [1.29, 1.82) is 0 Å². The molecule has 0 saturated carbocycles. The summed E-state index contributed by atoms with van der Waals surface area (Å²) in [6.45, 7) is 3.53. The third-order valence-corrected chi connectivity index (χ3v) is 3.59. The van der Waals surface area contributed by atoms with Crippen molar-refractivity contribution in [1.82, 2.24) is 29.8 Å². The Bertz CT molecular complexity index is 1060. The molecule has 3 rings (SSSR count). The third-order valence-electron chi connectivity index (χ3n) is 3.59. The summed E-state index contributed by atoms with van der Waals surface area (Å²) in [7, 11) is 2.93. The first kappa shape index (κ1) is 19.2. The summed E-state index contributed by atoms with van der Waals surface area (Å²) in [6.07, 6.45) is 0.673.